The summed E-state index contributed by atoms with van der Waals surface area (Å²) in [6.07, 6.45) is 3.60. The number of carbonyl (C=O) groups is 1. The van der Waals surface area contributed by atoms with Gasteiger partial charge in [-0.2, -0.15) is 0 Å². The fraction of sp³-hybridized carbons (Fsp3) is 0.588. The van der Waals surface area contributed by atoms with Crippen LogP contribution >= 0.6 is 11.8 Å². The van der Waals surface area contributed by atoms with Crippen molar-refractivity contribution in [2.75, 3.05) is 45.7 Å². The van der Waals surface area contributed by atoms with Crippen LogP contribution in [0.5, 0.6) is 0 Å². The third-order valence-corrected chi connectivity index (χ3v) is 6.75. The van der Waals surface area contributed by atoms with Crippen LogP contribution in [0, 0.1) is 0 Å². The smallest absolute Gasteiger partial charge is 0.255 e. The average Bonchev–Trinajstić information content (AvgIpc) is 3.20. The van der Waals surface area contributed by atoms with E-state index in [1.807, 2.05) is 6.26 Å². The SMILES string of the molecule is CSc1ccc(S(=O)(=O)NC[C@@H]2CCCO2)cc1C(=O)N1CCOCC1. The molecule has 0 aliphatic carbocycles. The second kappa shape index (κ2) is 8.71. The van der Waals surface area contributed by atoms with Gasteiger partial charge in [0.05, 0.1) is 29.8 Å². The van der Waals surface area contributed by atoms with E-state index in [2.05, 4.69) is 4.72 Å². The molecule has 2 saturated heterocycles. The lowest BCUT2D eigenvalue weighted by molar-refractivity contribution is 0.0300. The van der Waals surface area contributed by atoms with Crippen LogP contribution in [-0.2, 0) is 19.5 Å². The zero-order valence-electron chi connectivity index (χ0n) is 14.8. The zero-order chi connectivity index (χ0) is 18.6. The average molecular weight is 401 g/mol. The van der Waals surface area contributed by atoms with Gasteiger partial charge in [0.15, 0.2) is 0 Å². The topological polar surface area (TPSA) is 84.9 Å². The zero-order valence-corrected chi connectivity index (χ0v) is 16.4. The van der Waals surface area contributed by atoms with Crippen molar-refractivity contribution in [3.8, 4) is 0 Å². The van der Waals surface area contributed by atoms with E-state index in [0.717, 1.165) is 17.7 Å². The molecule has 0 spiro atoms. The summed E-state index contributed by atoms with van der Waals surface area (Å²) in [7, 11) is -3.69. The predicted molar refractivity (Wildman–Crippen MR) is 99.1 cm³/mol. The van der Waals surface area contributed by atoms with Gasteiger partial charge in [0.2, 0.25) is 10.0 Å². The lowest BCUT2D eigenvalue weighted by Gasteiger charge is -2.27. The van der Waals surface area contributed by atoms with Crippen LogP contribution < -0.4 is 4.72 Å². The van der Waals surface area contributed by atoms with Crippen molar-refractivity contribution < 1.29 is 22.7 Å². The van der Waals surface area contributed by atoms with Crippen molar-refractivity contribution in [2.24, 2.45) is 0 Å². The molecule has 3 rings (SSSR count). The highest BCUT2D eigenvalue weighted by Crippen LogP contribution is 2.25. The molecule has 0 radical (unpaired) electrons. The number of ether oxygens (including phenoxy) is 2. The van der Waals surface area contributed by atoms with Gasteiger partial charge < -0.3 is 14.4 Å². The Kier molecular flexibility index (Phi) is 6.57. The molecule has 9 heteroatoms. The summed E-state index contributed by atoms with van der Waals surface area (Å²) in [5, 5.41) is 0. The predicted octanol–water partition coefficient (Wildman–Crippen LogP) is 1.34. The number of amides is 1. The monoisotopic (exact) mass is 400 g/mol. The molecular formula is C17H24N2O5S2. The second-order valence-corrected chi connectivity index (χ2v) is 8.87. The maximum Gasteiger partial charge on any atom is 0.255 e. The normalized spacial score (nSPS) is 21.1. The lowest BCUT2D eigenvalue weighted by Crippen LogP contribution is -2.41. The molecular weight excluding hydrogens is 376 g/mol. The summed E-state index contributed by atoms with van der Waals surface area (Å²) in [5.41, 5.74) is 0.416. The van der Waals surface area contributed by atoms with Gasteiger partial charge in [-0.3, -0.25) is 4.79 Å². The van der Waals surface area contributed by atoms with Crippen molar-refractivity contribution in [2.45, 2.75) is 28.7 Å². The van der Waals surface area contributed by atoms with E-state index < -0.39 is 10.0 Å². The van der Waals surface area contributed by atoms with Gasteiger partial charge in [0.25, 0.3) is 5.91 Å². The molecule has 0 aromatic heterocycles. The summed E-state index contributed by atoms with van der Waals surface area (Å²) < 4.78 is 38.6. The molecule has 1 amide bonds. The first-order valence-electron chi connectivity index (χ1n) is 8.67. The molecule has 2 heterocycles. The van der Waals surface area contributed by atoms with Crippen molar-refractivity contribution in [1.29, 1.82) is 0 Å². The number of nitrogens with zero attached hydrogens (tertiary/aromatic N) is 1. The fourth-order valence-electron chi connectivity index (χ4n) is 3.05. The van der Waals surface area contributed by atoms with Crippen LogP contribution in [0.2, 0.25) is 0 Å². The molecule has 1 atom stereocenters. The first-order chi connectivity index (χ1) is 12.5. The molecule has 2 aliphatic rings. The van der Waals surface area contributed by atoms with Crippen molar-refractivity contribution >= 4 is 27.7 Å². The third kappa shape index (κ3) is 4.58. The number of morpholine rings is 1. The molecule has 0 saturated carbocycles. The number of benzene rings is 1. The van der Waals surface area contributed by atoms with Gasteiger partial charge in [-0.15, -0.1) is 11.8 Å². The molecule has 1 aromatic carbocycles. The highest BCUT2D eigenvalue weighted by Gasteiger charge is 2.25. The van der Waals surface area contributed by atoms with Gasteiger partial charge in [-0.05, 0) is 37.3 Å². The Hall–Kier alpha value is -1.13. The van der Waals surface area contributed by atoms with Gasteiger partial charge in [-0.1, -0.05) is 0 Å². The molecule has 1 N–H and O–H groups in total. The molecule has 0 unspecified atom stereocenters. The van der Waals surface area contributed by atoms with Crippen molar-refractivity contribution in [1.82, 2.24) is 9.62 Å². The maximum absolute atomic E-state index is 12.8. The minimum atomic E-state index is -3.69. The first-order valence-corrected chi connectivity index (χ1v) is 11.4. The van der Waals surface area contributed by atoms with E-state index in [0.29, 0.717) is 38.5 Å². The number of hydrogen-bond donors (Lipinski definition) is 1. The maximum atomic E-state index is 12.8. The quantitative estimate of drug-likeness (QED) is 0.726. The van der Waals surface area contributed by atoms with E-state index in [-0.39, 0.29) is 23.5 Å². The van der Waals surface area contributed by atoms with Crippen LogP contribution in [0.3, 0.4) is 0 Å². The summed E-state index contributed by atoms with van der Waals surface area (Å²) in [6.45, 7) is 2.96. The van der Waals surface area contributed by atoms with E-state index in [1.165, 1.54) is 17.8 Å². The summed E-state index contributed by atoms with van der Waals surface area (Å²) in [6, 6.07) is 4.71. The van der Waals surface area contributed by atoms with Gasteiger partial charge in [0, 0.05) is 31.1 Å². The standard InChI is InChI=1S/C17H24N2O5S2/c1-25-16-5-4-14(26(21,22)18-12-13-3-2-8-24-13)11-15(16)17(20)19-6-9-23-10-7-19/h4-5,11,13,18H,2-3,6-10,12H2,1H3/t13-/m0/s1. The van der Waals surface area contributed by atoms with Gasteiger partial charge in [-0.25, -0.2) is 13.1 Å². The van der Waals surface area contributed by atoms with E-state index in [9.17, 15) is 13.2 Å². The van der Waals surface area contributed by atoms with Crippen LogP contribution in [0.4, 0.5) is 0 Å². The Morgan fingerprint density at radius 1 is 1.31 bits per heavy atom. The number of nitrogens with one attached hydrogen (secondary N) is 1. The molecule has 1 aromatic rings. The molecule has 2 aliphatic heterocycles. The third-order valence-electron chi connectivity index (χ3n) is 4.53. The number of rotatable bonds is 6. The Morgan fingerprint density at radius 3 is 2.73 bits per heavy atom. The molecule has 2 fully saturated rings. The van der Waals surface area contributed by atoms with Crippen LogP contribution in [0.1, 0.15) is 23.2 Å². The Balaban J connectivity index is 1.80. The van der Waals surface area contributed by atoms with Crippen LogP contribution in [0.15, 0.2) is 28.0 Å². The Bertz CT molecular complexity index is 742. The minimum absolute atomic E-state index is 0.0790. The highest BCUT2D eigenvalue weighted by atomic mass is 32.2. The minimum Gasteiger partial charge on any atom is -0.378 e. The van der Waals surface area contributed by atoms with Crippen LogP contribution in [0.25, 0.3) is 0 Å². The van der Waals surface area contributed by atoms with E-state index >= 15 is 0 Å². The lowest BCUT2D eigenvalue weighted by atomic mass is 10.2. The molecule has 26 heavy (non-hydrogen) atoms. The second-order valence-electron chi connectivity index (χ2n) is 6.25. The number of sulfonamides is 1. The van der Waals surface area contributed by atoms with Gasteiger partial charge >= 0.3 is 0 Å². The highest BCUT2D eigenvalue weighted by molar-refractivity contribution is 7.98. The number of carbonyl (C=O) groups excluding carboxylic acids is 1. The number of hydrogen-bond acceptors (Lipinski definition) is 6. The van der Waals surface area contributed by atoms with E-state index in [1.54, 1.807) is 17.0 Å². The molecule has 0 bridgehead atoms. The number of thioether (sulfide) groups is 1. The Morgan fingerprint density at radius 2 is 2.08 bits per heavy atom. The largest absolute Gasteiger partial charge is 0.378 e. The van der Waals surface area contributed by atoms with Crippen LogP contribution in [-0.4, -0.2) is 71.0 Å². The summed E-state index contributed by atoms with van der Waals surface area (Å²) in [4.78, 5) is 15.4. The first kappa shape index (κ1) is 19.6. The molecule has 144 valence electrons. The van der Waals surface area contributed by atoms with Crippen molar-refractivity contribution in [3.05, 3.63) is 23.8 Å². The molecule has 7 nitrogen and oxygen atoms in total. The Labute approximate surface area is 158 Å². The fourth-order valence-corrected chi connectivity index (χ4v) is 4.71. The van der Waals surface area contributed by atoms with Crippen molar-refractivity contribution in [3.63, 3.8) is 0 Å². The summed E-state index contributed by atoms with van der Waals surface area (Å²) in [5.74, 6) is -0.158. The summed E-state index contributed by atoms with van der Waals surface area (Å²) >= 11 is 1.43. The van der Waals surface area contributed by atoms with E-state index in [4.69, 9.17) is 9.47 Å². The van der Waals surface area contributed by atoms with Gasteiger partial charge in [0.1, 0.15) is 0 Å².